The van der Waals surface area contributed by atoms with E-state index in [0.717, 1.165) is 11.1 Å². The van der Waals surface area contributed by atoms with Crippen molar-refractivity contribution in [3.63, 3.8) is 0 Å². The molecule has 262 valence electrons. The SMILES string of the molecule is CC[C@@H](CCCCNC(=O)[C@@H](CCNC(=O)c1ccc2c(c1)B(O)OC2)NC(=O)c1ccc2c(c1)B(O)OC2)C(=O)N[C@H](C(=O)O)[C@@H](C)O. The van der Waals surface area contributed by atoms with Crippen molar-refractivity contribution in [1.29, 1.82) is 0 Å². The van der Waals surface area contributed by atoms with Gasteiger partial charge >= 0.3 is 20.2 Å². The normalized spacial score (nSPS) is 15.8. The van der Waals surface area contributed by atoms with Crippen molar-refractivity contribution >= 4 is 54.8 Å². The first kappa shape index (κ1) is 37.5. The first-order valence-electron chi connectivity index (χ1n) is 16.3. The molecule has 0 saturated heterocycles. The van der Waals surface area contributed by atoms with Crippen LogP contribution in [-0.4, -0.2) is 95.4 Å². The fourth-order valence-electron chi connectivity index (χ4n) is 5.69. The maximum absolute atomic E-state index is 13.3. The highest BCUT2D eigenvalue weighted by atomic mass is 16.5. The van der Waals surface area contributed by atoms with E-state index in [1.54, 1.807) is 37.3 Å². The number of aliphatic carboxylic acids is 1. The number of aliphatic hydroxyl groups is 1. The molecule has 2 aliphatic rings. The van der Waals surface area contributed by atoms with Gasteiger partial charge in [0.2, 0.25) is 11.8 Å². The number of fused-ring (bicyclic) bond motifs is 2. The van der Waals surface area contributed by atoms with Gasteiger partial charge < -0.3 is 50.8 Å². The highest BCUT2D eigenvalue weighted by Crippen LogP contribution is 2.15. The summed E-state index contributed by atoms with van der Waals surface area (Å²) >= 11 is 0. The van der Waals surface area contributed by atoms with Gasteiger partial charge in [-0.2, -0.15) is 0 Å². The number of hydrogen-bond donors (Lipinski definition) is 8. The van der Waals surface area contributed by atoms with Crippen molar-refractivity contribution in [3.05, 3.63) is 58.7 Å². The molecule has 0 fully saturated rings. The number of benzene rings is 2. The zero-order chi connectivity index (χ0) is 35.7. The average Bonchev–Trinajstić information content (AvgIpc) is 3.64. The van der Waals surface area contributed by atoms with Crippen LogP contribution in [0.2, 0.25) is 0 Å². The molecule has 0 radical (unpaired) electrons. The molecule has 4 atom stereocenters. The van der Waals surface area contributed by atoms with Crippen LogP contribution in [-0.2, 0) is 36.9 Å². The van der Waals surface area contributed by atoms with Crippen molar-refractivity contribution in [3.8, 4) is 0 Å². The summed E-state index contributed by atoms with van der Waals surface area (Å²) in [6, 6.07) is 7.15. The second-order valence-electron chi connectivity index (χ2n) is 12.2. The lowest BCUT2D eigenvalue weighted by Crippen LogP contribution is -2.49. The Morgan fingerprint density at radius 1 is 0.796 bits per heavy atom. The number of carbonyl (C=O) groups excluding carboxylic acids is 4. The number of amides is 4. The third-order valence-corrected chi connectivity index (χ3v) is 8.67. The van der Waals surface area contributed by atoms with Gasteiger partial charge in [0.25, 0.3) is 11.8 Å². The quantitative estimate of drug-likeness (QED) is 0.0694. The molecule has 49 heavy (non-hydrogen) atoms. The van der Waals surface area contributed by atoms with E-state index in [0.29, 0.717) is 42.2 Å². The Bertz CT molecular complexity index is 1540. The fraction of sp³-hybridized carbons (Fsp3) is 0.469. The Morgan fingerprint density at radius 2 is 1.39 bits per heavy atom. The van der Waals surface area contributed by atoms with Crippen LogP contribution in [0.3, 0.4) is 0 Å². The molecule has 8 N–H and O–H groups in total. The lowest BCUT2D eigenvalue weighted by atomic mass is 9.78. The summed E-state index contributed by atoms with van der Waals surface area (Å²) in [6.07, 6.45) is 0.686. The van der Waals surface area contributed by atoms with E-state index in [1.165, 1.54) is 13.0 Å². The fourth-order valence-corrected chi connectivity index (χ4v) is 5.69. The van der Waals surface area contributed by atoms with Crippen LogP contribution in [0.5, 0.6) is 0 Å². The molecular formula is C32H42B2N4O11. The Morgan fingerprint density at radius 3 is 1.94 bits per heavy atom. The second-order valence-corrected chi connectivity index (χ2v) is 12.2. The minimum Gasteiger partial charge on any atom is -0.480 e. The monoisotopic (exact) mass is 680 g/mol. The summed E-state index contributed by atoms with van der Waals surface area (Å²) in [6.45, 7) is 3.80. The topological polar surface area (TPSA) is 233 Å². The number of hydrogen-bond acceptors (Lipinski definition) is 10. The van der Waals surface area contributed by atoms with Gasteiger partial charge in [-0.05, 0) is 78.9 Å². The Balaban J connectivity index is 1.32. The van der Waals surface area contributed by atoms with E-state index in [9.17, 15) is 44.2 Å². The summed E-state index contributed by atoms with van der Waals surface area (Å²) in [7, 11) is -2.26. The summed E-state index contributed by atoms with van der Waals surface area (Å²) in [5, 5.41) is 49.6. The molecule has 17 heteroatoms. The highest BCUT2D eigenvalue weighted by molar-refractivity contribution is 6.62. The van der Waals surface area contributed by atoms with Crippen molar-refractivity contribution < 1.29 is 53.5 Å². The maximum Gasteiger partial charge on any atom is 0.491 e. The van der Waals surface area contributed by atoms with E-state index in [2.05, 4.69) is 21.3 Å². The predicted octanol–water partition coefficient (Wildman–Crippen LogP) is -1.70. The van der Waals surface area contributed by atoms with Crippen LogP contribution in [0, 0.1) is 5.92 Å². The van der Waals surface area contributed by atoms with E-state index in [1.807, 2.05) is 0 Å². The number of unbranched alkanes of at least 4 members (excludes halogenated alkanes) is 1. The summed E-state index contributed by atoms with van der Waals surface area (Å²) in [4.78, 5) is 63.3. The Labute approximate surface area is 284 Å². The lowest BCUT2D eigenvalue weighted by Gasteiger charge is -2.21. The molecule has 2 aliphatic heterocycles. The second kappa shape index (κ2) is 17.4. The number of carbonyl (C=O) groups is 5. The summed E-state index contributed by atoms with van der Waals surface area (Å²) in [5.41, 5.74) is 3.03. The first-order chi connectivity index (χ1) is 23.4. The highest BCUT2D eigenvalue weighted by Gasteiger charge is 2.31. The third-order valence-electron chi connectivity index (χ3n) is 8.67. The van der Waals surface area contributed by atoms with E-state index in [-0.39, 0.29) is 38.3 Å². The molecule has 0 unspecified atom stereocenters. The number of nitrogens with one attached hydrogen (secondary N) is 4. The lowest BCUT2D eigenvalue weighted by molar-refractivity contribution is -0.145. The van der Waals surface area contributed by atoms with Crippen LogP contribution in [0.1, 0.15) is 77.8 Å². The molecule has 15 nitrogen and oxygen atoms in total. The summed E-state index contributed by atoms with van der Waals surface area (Å²) < 4.78 is 10.4. The van der Waals surface area contributed by atoms with Gasteiger partial charge in [-0.3, -0.25) is 19.2 Å². The Hall–Kier alpha value is -4.28. The molecule has 2 aromatic carbocycles. The smallest absolute Gasteiger partial charge is 0.480 e. The van der Waals surface area contributed by atoms with Gasteiger partial charge in [0, 0.05) is 30.1 Å². The molecular weight excluding hydrogens is 638 g/mol. The minimum absolute atomic E-state index is 0.0289. The van der Waals surface area contributed by atoms with Crippen molar-refractivity contribution in [1.82, 2.24) is 21.3 Å². The largest absolute Gasteiger partial charge is 0.491 e. The molecule has 4 rings (SSSR count). The minimum atomic E-state index is -1.41. The van der Waals surface area contributed by atoms with Crippen molar-refractivity contribution in [2.45, 2.75) is 77.4 Å². The molecule has 2 aromatic rings. The average molecular weight is 680 g/mol. The molecule has 4 amide bonds. The number of aliphatic hydroxyl groups excluding tert-OH is 1. The van der Waals surface area contributed by atoms with Gasteiger partial charge in [0.15, 0.2) is 6.04 Å². The standard InChI is InChI=1S/C32H42B2N4O11/c1-3-19(29(41)38-27(18(2)39)32(44)45)6-4-5-12-35-31(43)26(37-30(42)21-8-10-23-17-49-34(47)25(23)15-21)11-13-36-28(40)20-7-9-22-16-48-33(46)24(22)14-20/h7-10,14-15,18-19,26-27,39,46-47H,3-6,11-13,16-17H2,1-2H3,(H,35,43)(H,36,40)(H,37,42)(H,38,41)(H,44,45)/t18-,19+,26-,27+/m1/s1. The molecule has 0 spiro atoms. The van der Waals surface area contributed by atoms with Crippen LogP contribution in [0.15, 0.2) is 36.4 Å². The number of carboxylic acid groups (broad SMARTS) is 1. The maximum atomic E-state index is 13.3. The van der Waals surface area contributed by atoms with Gasteiger partial charge in [-0.15, -0.1) is 0 Å². The van der Waals surface area contributed by atoms with E-state index in [4.69, 9.17) is 9.31 Å². The third kappa shape index (κ3) is 9.89. The molecule has 2 heterocycles. The van der Waals surface area contributed by atoms with E-state index >= 15 is 0 Å². The molecule has 0 bridgehead atoms. The van der Waals surface area contributed by atoms with Crippen LogP contribution in [0.4, 0.5) is 0 Å². The number of rotatable bonds is 17. The number of carboxylic acids is 1. The Kier molecular flexibility index (Phi) is 13.3. The van der Waals surface area contributed by atoms with Gasteiger partial charge in [0.1, 0.15) is 6.04 Å². The van der Waals surface area contributed by atoms with Crippen LogP contribution in [0.25, 0.3) is 0 Å². The van der Waals surface area contributed by atoms with Gasteiger partial charge in [-0.1, -0.05) is 25.5 Å². The first-order valence-corrected chi connectivity index (χ1v) is 16.3. The molecule has 0 aliphatic carbocycles. The van der Waals surface area contributed by atoms with Crippen LogP contribution >= 0.6 is 0 Å². The summed E-state index contributed by atoms with van der Waals surface area (Å²) in [5.74, 6) is -3.77. The van der Waals surface area contributed by atoms with Crippen LogP contribution < -0.4 is 32.2 Å². The zero-order valence-corrected chi connectivity index (χ0v) is 27.4. The van der Waals surface area contributed by atoms with Crippen molar-refractivity contribution in [2.75, 3.05) is 13.1 Å². The molecule has 0 saturated carbocycles. The molecule has 0 aromatic heterocycles. The van der Waals surface area contributed by atoms with Gasteiger partial charge in [0.05, 0.1) is 19.3 Å². The van der Waals surface area contributed by atoms with Gasteiger partial charge in [-0.25, -0.2) is 4.79 Å². The van der Waals surface area contributed by atoms with Crippen molar-refractivity contribution in [2.24, 2.45) is 5.92 Å². The zero-order valence-electron chi connectivity index (χ0n) is 27.4. The van der Waals surface area contributed by atoms with E-state index < -0.39 is 67.9 Å². The predicted molar refractivity (Wildman–Crippen MR) is 178 cm³/mol.